The van der Waals surface area contributed by atoms with Gasteiger partial charge >= 0.3 is 5.97 Å². The van der Waals surface area contributed by atoms with Gasteiger partial charge in [-0.1, -0.05) is 26.3 Å². The van der Waals surface area contributed by atoms with E-state index in [2.05, 4.69) is 13.8 Å². The first-order chi connectivity index (χ1) is 8.45. The number of benzene rings is 1. The Balaban J connectivity index is 2.70. The second-order valence-electron chi connectivity index (χ2n) is 5.02. The second-order valence-corrected chi connectivity index (χ2v) is 5.02. The number of ether oxygens (including phenoxy) is 1. The molecule has 0 fully saturated rings. The minimum Gasteiger partial charge on any atom is -0.462 e. The Labute approximate surface area is 109 Å². The summed E-state index contributed by atoms with van der Waals surface area (Å²) in [7, 11) is 0. The summed E-state index contributed by atoms with van der Waals surface area (Å²) in [5.74, 6) is 0.129. The molecule has 3 heteroatoms. The molecule has 0 aliphatic carbocycles. The Morgan fingerprint density at radius 1 is 1.33 bits per heavy atom. The van der Waals surface area contributed by atoms with Gasteiger partial charge in [-0.15, -0.1) is 0 Å². The molecule has 0 aliphatic rings. The zero-order valence-electron chi connectivity index (χ0n) is 11.7. The van der Waals surface area contributed by atoms with E-state index in [9.17, 15) is 4.79 Å². The topological polar surface area (TPSA) is 52.3 Å². The number of hydrogen-bond donors (Lipinski definition) is 1. The highest BCUT2D eigenvalue weighted by molar-refractivity contribution is 5.92. The summed E-state index contributed by atoms with van der Waals surface area (Å²) in [6.45, 7) is 8.52. The fourth-order valence-corrected chi connectivity index (χ4v) is 1.96. The number of nitrogens with two attached hydrogens (primary N) is 1. The molecule has 1 aromatic carbocycles. The largest absolute Gasteiger partial charge is 0.462 e. The van der Waals surface area contributed by atoms with Crippen molar-refractivity contribution in [2.24, 2.45) is 5.92 Å². The highest BCUT2D eigenvalue weighted by atomic mass is 16.5. The standard InChI is InChI=1S/C15H23NO2/c1-5-6-10(2)9-18-15(17)13-8-14(16)12(4)7-11(13)3/h7-8,10H,5-6,9,16H2,1-4H3. The Morgan fingerprint density at radius 3 is 2.61 bits per heavy atom. The van der Waals surface area contributed by atoms with E-state index < -0.39 is 0 Å². The summed E-state index contributed by atoms with van der Waals surface area (Å²) in [6.07, 6.45) is 2.18. The third-order valence-electron chi connectivity index (χ3n) is 3.11. The predicted molar refractivity (Wildman–Crippen MR) is 74.7 cm³/mol. The third-order valence-corrected chi connectivity index (χ3v) is 3.11. The van der Waals surface area contributed by atoms with Crippen molar-refractivity contribution >= 4 is 11.7 Å². The number of esters is 1. The molecular weight excluding hydrogens is 226 g/mol. The van der Waals surface area contributed by atoms with Crippen LogP contribution in [0.5, 0.6) is 0 Å². The minimum atomic E-state index is -0.276. The van der Waals surface area contributed by atoms with Crippen LogP contribution in [0.2, 0.25) is 0 Å². The van der Waals surface area contributed by atoms with Crippen LogP contribution in [0, 0.1) is 19.8 Å². The lowest BCUT2D eigenvalue weighted by Crippen LogP contribution is -2.13. The fraction of sp³-hybridized carbons (Fsp3) is 0.533. The average Bonchev–Trinajstić information content (AvgIpc) is 2.31. The van der Waals surface area contributed by atoms with Gasteiger partial charge in [0.15, 0.2) is 0 Å². The van der Waals surface area contributed by atoms with Crippen LogP contribution in [-0.4, -0.2) is 12.6 Å². The van der Waals surface area contributed by atoms with Gasteiger partial charge < -0.3 is 10.5 Å². The molecule has 0 amide bonds. The maximum absolute atomic E-state index is 12.0. The molecule has 0 spiro atoms. The Bertz CT molecular complexity index is 427. The van der Waals surface area contributed by atoms with Crippen LogP contribution in [0.4, 0.5) is 5.69 Å². The molecule has 0 aliphatic heterocycles. The zero-order chi connectivity index (χ0) is 13.7. The molecule has 0 aromatic heterocycles. The summed E-state index contributed by atoms with van der Waals surface area (Å²) in [6, 6.07) is 3.62. The van der Waals surface area contributed by atoms with Gasteiger partial charge in [0.2, 0.25) is 0 Å². The molecule has 100 valence electrons. The predicted octanol–water partition coefficient (Wildman–Crippen LogP) is 3.48. The summed E-state index contributed by atoms with van der Waals surface area (Å²) in [5, 5.41) is 0. The van der Waals surface area contributed by atoms with Crippen LogP contribution in [0.25, 0.3) is 0 Å². The van der Waals surface area contributed by atoms with Crippen molar-refractivity contribution in [2.45, 2.75) is 40.5 Å². The van der Waals surface area contributed by atoms with Gasteiger partial charge in [0.1, 0.15) is 0 Å². The number of nitrogen functional groups attached to an aromatic ring is 1. The van der Waals surface area contributed by atoms with Crippen LogP contribution < -0.4 is 5.73 Å². The monoisotopic (exact) mass is 249 g/mol. The molecule has 1 aromatic rings. The van der Waals surface area contributed by atoms with E-state index in [-0.39, 0.29) is 5.97 Å². The van der Waals surface area contributed by atoms with E-state index in [0.717, 1.165) is 24.0 Å². The van der Waals surface area contributed by atoms with Crippen molar-refractivity contribution in [3.8, 4) is 0 Å². The Hall–Kier alpha value is -1.51. The Morgan fingerprint density at radius 2 is 2.00 bits per heavy atom. The van der Waals surface area contributed by atoms with Crippen LogP contribution in [-0.2, 0) is 4.74 Å². The normalized spacial score (nSPS) is 12.2. The molecule has 0 radical (unpaired) electrons. The SMILES string of the molecule is CCCC(C)COC(=O)c1cc(N)c(C)cc1C. The molecule has 0 saturated heterocycles. The molecule has 0 heterocycles. The molecule has 1 atom stereocenters. The molecular formula is C15H23NO2. The van der Waals surface area contributed by atoms with Crippen LogP contribution in [0.3, 0.4) is 0 Å². The number of carbonyl (C=O) groups excluding carboxylic acids is 1. The maximum Gasteiger partial charge on any atom is 0.338 e. The van der Waals surface area contributed by atoms with E-state index in [1.165, 1.54) is 0 Å². The van der Waals surface area contributed by atoms with Gasteiger partial charge in [-0.05, 0) is 43.4 Å². The lowest BCUT2D eigenvalue weighted by Gasteiger charge is -2.13. The van der Waals surface area contributed by atoms with E-state index >= 15 is 0 Å². The highest BCUT2D eigenvalue weighted by Gasteiger charge is 2.13. The van der Waals surface area contributed by atoms with Crippen molar-refractivity contribution < 1.29 is 9.53 Å². The number of anilines is 1. The smallest absolute Gasteiger partial charge is 0.338 e. The summed E-state index contributed by atoms with van der Waals surface area (Å²) in [4.78, 5) is 12.0. The molecule has 2 N–H and O–H groups in total. The lowest BCUT2D eigenvalue weighted by molar-refractivity contribution is 0.0443. The first-order valence-electron chi connectivity index (χ1n) is 6.49. The van der Waals surface area contributed by atoms with Crippen LogP contribution in [0.1, 0.15) is 48.2 Å². The summed E-state index contributed by atoms with van der Waals surface area (Å²) < 4.78 is 5.32. The number of hydrogen-bond acceptors (Lipinski definition) is 3. The van der Waals surface area contributed by atoms with Gasteiger partial charge in [0.25, 0.3) is 0 Å². The molecule has 3 nitrogen and oxygen atoms in total. The first kappa shape index (κ1) is 14.6. The highest BCUT2D eigenvalue weighted by Crippen LogP contribution is 2.19. The zero-order valence-corrected chi connectivity index (χ0v) is 11.7. The van der Waals surface area contributed by atoms with Crippen molar-refractivity contribution in [3.05, 3.63) is 28.8 Å². The van der Waals surface area contributed by atoms with Gasteiger partial charge in [-0.25, -0.2) is 4.79 Å². The van der Waals surface area contributed by atoms with E-state index in [1.54, 1.807) is 6.07 Å². The third kappa shape index (κ3) is 3.76. The fourth-order valence-electron chi connectivity index (χ4n) is 1.96. The first-order valence-corrected chi connectivity index (χ1v) is 6.49. The molecule has 1 rings (SSSR count). The van der Waals surface area contributed by atoms with Crippen molar-refractivity contribution in [3.63, 3.8) is 0 Å². The van der Waals surface area contributed by atoms with E-state index in [1.807, 2.05) is 19.9 Å². The summed E-state index contributed by atoms with van der Waals surface area (Å²) >= 11 is 0. The molecule has 1 unspecified atom stereocenters. The minimum absolute atomic E-state index is 0.276. The van der Waals surface area contributed by atoms with E-state index in [0.29, 0.717) is 23.8 Å². The molecule has 0 saturated carbocycles. The Kier molecular flexibility index (Phi) is 5.20. The number of rotatable bonds is 5. The quantitative estimate of drug-likeness (QED) is 0.642. The molecule has 18 heavy (non-hydrogen) atoms. The second kappa shape index (κ2) is 6.43. The average molecular weight is 249 g/mol. The van der Waals surface area contributed by atoms with Gasteiger partial charge in [-0.3, -0.25) is 0 Å². The van der Waals surface area contributed by atoms with Gasteiger partial charge in [-0.2, -0.15) is 0 Å². The lowest BCUT2D eigenvalue weighted by atomic mass is 10.0. The van der Waals surface area contributed by atoms with Gasteiger partial charge in [0.05, 0.1) is 12.2 Å². The number of aryl methyl sites for hydroxylation is 2. The van der Waals surface area contributed by atoms with Crippen molar-refractivity contribution in [1.29, 1.82) is 0 Å². The van der Waals surface area contributed by atoms with E-state index in [4.69, 9.17) is 10.5 Å². The van der Waals surface area contributed by atoms with Gasteiger partial charge in [0, 0.05) is 5.69 Å². The summed E-state index contributed by atoms with van der Waals surface area (Å²) in [5.41, 5.74) is 8.93. The van der Waals surface area contributed by atoms with Crippen LogP contribution in [0.15, 0.2) is 12.1 Å². The van der Waals surface area contributed by atoms with Crippen molar-refractivity contribution in [2.75, 3.05) is 12.3 Å². The van der Waals surface area contributed by atoms with Crippen molar-refractivity contribution in [1.82, 2.24) is 0 Å². The number of carbonyl (C=O) groups is 1. The maximum atomic E-state index is 12.0. The molecule has 0 bridgehead atoms. The van der Waals surface area contributed by atoms with Crippen LogP contribution >= 0.6 is 0 Å².